The van der Waals surface area contributed by atoms with Crippen molar-refractivity contribution < 1.29 is 14.3 Å². The molecule has 2 aromatic rings. The van der Waals surface area contributed by atoms with E-state index in [1.807, 2.05) is 60.7 Å². The minimum Gasteiger partial charge on any atom is -0.457 e. The summed E-state index contributed by atoms with van der Waals surface area (Å²) >= 11 is 0. The van der Waals surface area contributed by atoms with Crippen molar-refractivity contribution in [2.75, 3.05) is 0 Å². The lowest BCUT2D eigenvalue weighted by molar-refractivity contribution is -0.141. The largest absolute Gasteiger partial charge is 0.457 e. The summed E-state index contributed by atoms with van der Waals surface area (Å²) in [4.78, 5) is 24.5. The first-order valence-electron chi connectivity index (χ1n) is 7.92. The van der Waals surface area contributed by atoms with Gasteiger partial charge in [0.25, 0.3) is 0 Å². The Morgan fingerprint density at radius 1 is 1.08 bits per heavy atom. The normalized spacial score (nSPS) is 17.4. The third-order valence-electron chi connectivity index (χ3n) is 4.10. The van der Waals surface area contributed by atoms with Gasteiger partial charge in [0.15, 0.2) is 0 Å². The maximum atomic E-state index is 12.6. The highest BCUT2D eigenvalue weighted by Gasteiger charge is 2.32. The average Bonchev–Trinajstić information content (AvgIpc) is 2.60. The van der Waals surface area contributed by atoms with Crippen LogP contribution in [0.5, 0.6) is 0 Å². The second-order valence-corrected chi connectivity index (χ2v) is 5.82. The summed E-state index contributed by atoms with van der Waals surface area (Å²) in [6.45, 7) is 1.96. The zero-order chi connectivity index (χ0) is 16.9. The van der Waals surface area contributed by atoms with Gasteiger partial charge in [0, 0.05) is 18.0 Å². The molecule has 2 aromatic carbocycles. The van der Waals surface area contributed by atoms with Crippen LogP contribution in [-0.2, 0) is 20.9 Å². The van der Waals surface area contributed by atoms with E-state index >= 15 is 0 Å². The molecule has 3 rings (SSSR count). The van der Waals surface area contributed by atoms with Crippen LogP contribution in [-0.4, -0.2) is 11.9 Å². The fraction of sp³-hybridized carbons (Fsp3) is 0.200. The first-order valence-corrected chi connectivity index (χ1v) is 7.92. The standard InChI is InChI=1S/C20H19NO3/c1-14-19(20(23)24-13-15-8-4-2-5-9-15)17(12-18(22)21-14)16-10-6-3-7-11-16/h2-11,17H,12-13H2,1H3,(H,21,22). The van der Waals surface area contributed by atoms with E-state index in [1.54, 1.807) is 6.92 Å². The van der Waals surface area contributed by atoms with E-state index in [9.17, 15) is 9.59 Å². The lowest BCUT2D eigenvalue weighted by Crippen LogP contribution is -2.34. The minimum absolute atomic E-state index is 0.0824. The number of nitrogens with one attached hydrogen (secondary N) is 1. The number of hydrogen-bond donors (Lipinski definition) is 1. The zero-order valence-electron chi connectivity index (χ0n) is 13.5. The molecular weight excluding hydrogens is 302 g/mol. The van der Waals surface area contributed by atoms with Crippen molar-refractivity contribution >= 4 is 11.9 Å². The molecule has 4 heteroatoms. The smallest absolute Gasteiger partial charge is 0.336 e. The molecule has 1 amide bonds. The van der Waals surface area contributed by atoms with E-state index in [0.717, 1.165) is 11.1 Å². The number of ether oxygens (including phenoxy) is 1. The van der Waals surface area contributed by atoms with Gasteiger partial charge in [-0.3, -0.25) is 4.79 Å². The quantitative estimate of drug-likeness (QED) is 0.879. The summed E-state index contributed by atoms with van der Waals surface area (Å²) in [6, 6.07) is 19.1. The average molecular weight is 321 g/mol. The fourth-order valence-corrected chi connectivity index (χ4v) is 2.94. The van der Waals surface area contributed by atoms with Crippen LogP contribution in [0.25, 0.3) is 0 Å². The van der Waals surface area contributed by atoms with Crippen molar-refractivity contribution in [2.24, 2.45) is 0 Å². The Morgan fingerprint density at radius 2 is 1.71 bits per heavy atom. The van der Waals surface area contributed by atoms with Crippen LogP contribution >= 0.6 is 0 Å². The van der Waals surface area contributed by atoms with Gasteiger partial charge in [-0.05, 0) is 18.1 Å². The molecule has 0 spiro atoms. The lowest BCUT2D eigenvalue weighted by atomic mass is 9.84. The maximum absolute atomic E-state index is 12.6. The number of hydrogen-bond acceptors (Lipinski definition) is 3. The topological polar surface area (TPSA) is 55.4 Å². The van der Waals surface area contributed by atoms with Crippen molar-refractivity contribution in [1.29, 1.82) is 0 Å². The van der Waals surface area contributed by atoms with E-state index in [2.05, 4.69) is 5.32 Å². The molecule has 24 heavy (non-hydrogen) atoms. The number of esters is 1. The molecule has 122 valence electrons. The second-order valence-electron chi connectivity index (χ2n) is 5.82. The van der Waals surface area contributed by atoms with Gasteiger partial charge in [-0.15, -0.1) is 0 Å². The summed E-state index contributed by atoms with van der Waals surface area (Å²) in [5, 5.41) is 2.75. The second kappa shape index (κ2) is 7.13. The van der Waals surface area contributed by atoms with Gasteiger partial charge in [0.1, 0.15) is 6.61 Å². The van der Waals surface area contributed by atoms with Crippen LogP contribution in [0.1, 0.15) is 30.4 Å². The van der Waals surface area contributed by atoms with Gasteiger partial charge in [0.05, 0.1) is 5.57 Å². The molecule has 0 aliphatic carbocycles. The molecule has 1 N–H and O–H groups in total. The number of benzene rings is 2. The fourth-order valence-electron chi connectivity index (χ4n) is 2.94. The summed E-state index contributed by atoms with van der Waals surface area (Å²) in [5.41, 5.74) is 2.97. The molecule has 1 aliphatic heterocycles. The van der Waals surface area contributed by atoms with Crippen LogP contribution in [0.2, 0.25) is 0 Å². The number of rotatable bonds is 4. The minimum atomic E-state index is -0.384. The van der Waals surface area contributed by atoms with Crippen molar-refractivity contribution in [2.45, 2.75) is 25.9 Å². The van der Waals surface area contributed by atoms with Gasteiger partial charge >= 0.3 is 5.97 Å². The highest BCUT2D eigenvalue weighted by Crippen LogP contribution is 2.33. The van der Waals surface area contributed by atoms with Gasteiger partial charge in [0.2, 0.25) is 5.91 Å². The lowest BCUT2D eigenvalue weighted by Gasteiger charge is -2.26. The molecule has 1 heterocycles. The van der Waals surface area contributed by atoms with Crippen LogP contribution in [0.15, 0.2) is 71.9 Å². The molecular formula is C20H19NO3. The number of allylic oxidation sites excluding steroid dienone is 1. The van der Waals surface area contributed by atoms with Crippen molar-refractivity contribution in [3.05, 3.63) is 83.1 Å². The predicted molar refractivity (Wildman–Crippen MR) is 90.9 cm³/mol. The van der Waals surface area contributed by atoms with Gasteiger partial charge < -0.3 is 10.1 Å². The van der Waals surface area contributed by atoms with E-state index in [-0.39, 0.29) is 30.8 Å². The van der Waals surface area contributed by atoms with Gasteiger partial charge in [-0.1, -0.05) is 60.7 Å². The summed E-state index contributed by atoms with van der Waals surface area (Å²) in [6.07, 6.45) is 0.247. The van der Waals surface area contributed by atoms with Crippen molar-refractivity contribution in [3.8, 4) is 0 Å². The Labute approximate surface area is 141 Å². The van der Waals surface area contributed by atoms with Crippen molar-refractivity contribution in [3.63, 3.8) is 0 Å². The maximum Gasteiger partial charge on any atom is 0.336 e. The molecule has 1 unspecified atom stereocenters. The molecule has 0 radical (unpaired) electrons. The Hall–Kier alpha value is -2.88. The summed E-state index contributed by atoms with van der Waals surface area (Å²) in [7, 11) is 0. The van der Waals surface area contributed by atoms with Crippen LogP contribution in [0, 0.1) is 0 Å². The molecule has 0 fully saturated rings. The third-order valence-corrected chi connectivity index (χ3v) is 4.10. The third kappa shape index (κ3) is 3.54. The van der Waals surface area contributed by atoms with Gasteiger partial charge in [-0.2, -0.15) is 0 Å². The molecule has 0 saturated carbocycles. The Bertz CT molecular complexity index is 766. The molecule has 0 saturated heterocycles. The Balaban J connectivity index is 1.83. The zero-order valence-corrected chi connectivity index (χ0v) is 13.5. The monoisotopic (exact) mass is 321 g/mol. The van der Waals surface area contributed by atoms with Crippen LogP contribution in [0.4, 0.5) is 0 Å². The van der Waals surface area contributed by atoms with Crippen LogP contribution < -0.4 is 5.32 Å². The molecule has 1 atom stereocenters. The molecule has 0 bridgehead atoms. The first-order chi connectivity index (χ1) is 11.6. The summed E-state index contributed by atoms with van der Waals surface area (Å²) < 4.78 is 5.48. The Morgan fingerprint density at radius 3 is 2.38 bits per heavy atom. The number of carbonyl (C=O) groups is 2. The van der Waals surface area contributed by atoms with Crippen molar-refractivity contribution in [1.82, 2.24) is 5.32 Å². The highest BCUT2D eigenvalue weighted by atomic mass is 16.5. The van der Waals surface area contributed by atoms with Gasteiger partial charge in [-0.25, -0.2) is 4.79 Å². The molecule has 0 aromatic heterocycles. The van der Waals surface area contributed by atoms with E-state index in [4.69, 9.17) is 4.74 Å². The number of carbonyl (C=O) groups excluding carboxylic acids is 2. The highest BCUT2D eigenvalue weighted by molar-refractivity contribution is 5.95. The number of amides is 1. The van der Waals surface area contributed by atoms with E-state index in [1.165, 1.54) is 0 Å². The SMILES string of the molecule is CC1=C(C(=O)OCc2ccccc2)C(c2ccccc2)CC(=O)N1. The first kappa shape index (κ1) is 16.0. The summed E-state index contributed by atoms with van der Waals surface area (Å²) in [5.74, 6) is -0.741. The van der Waals surface area contributed by atoms with E-state index in [0.29, 0.717) is 11.3 Å². The Kier molecular flexibility index (Phi) is 4.75. The molecule has 4 nitrogen and oxygen atoms in total. The van der Waals surface area contributed by atoms with E-state index < -0.39 is 0 Å². The van der Waals surface area contributed by atoms with Crippen LogP contribution in [0.3, 0.4) is 0 Å². The predicted octanol–water partition coefficient (Wildman–Crippen LogP) is 3.31. The molecule has 1 aliphatic rings.